The fourth-order valence-electron chi connectivity index (χ4n) is 3.28. The van der Waals surface area contributed by atoms with Crippen LogP contribution < -0.4 is 5.32 Å². The van der Waals surface area contributed by atoms with Crippen molar-refractivity contribution < 1.29 is 9.32 Å². The van der Waals surface area contributed by atoms with Gasteiger partial charge >= 0.3 is 0 Å². The lowest BCUT2D eigenvalue weighted by atomic mass is 10.0. The Balaban J connectivity index is 1.44. The maximum atomic E-state index is 12.5. The Morgan fingerprint density at radius 3 is 3.04 bits per heavy atom. The van der Waals surface area contributed by atoms with Gasteiger partial charge in [0.1, 0.15) is 0 Å². The molecule has 4 rings (SSSR count). The largest absolute Gasteiger partial charge is 0.338 e. The van der Waals surface area contributed by atoms with Crippen molar-refractivity contribution in [2.24, 2.45) is 0 Å². The van der Waals surface area contributed by atoms with E-state index in [1.165, 1.54) is 0 Å². The maximum absolute atomic E-state index is 12.5. The summed E-state index contributed by atoms with van der Waals surface area (Å²) in [5, 5.41) is 6.71. The SMILES string of the molecule is Cc1noc(C2CCCCN2CC(=O)Nc2nc3ccccc3[nH]2)n1. The van der Waals surface area contributed by atoms with Crippen LogP contribution >= 0.6 is 0 Å². The molecule has 0 aliphatic carbocycles. The number of carbonyl (C=O) groups excluding carboxylic acids is 1. The number of para-hydroxylation sites is 2. The predicted molar refractivity (Wildman–Crippen MR) is 91.9 cm³/mol. The third kappa shape index (κ3) is 3.39. The highest BCUT2D eigenvalue weighted by Crippen LogP contribution is 2.29. The first-order chi connectivity index (χ1) is 12.2. The van der Waals surface area contributed by atoms with Gasteiger partial charge in [0.05, 0.1) is 23.6 Å². The van der Waals surface area contributed by atoms with Gasteiger partial charge in [-0.2, -0.15) is 4.98 Å². The molecule has 1 amide bonds. The molecule has 0 bridgehead atoms. The maximum Gasteiger partial charge on any atom is 0.243 e. The van der Waals surface area contributed by atoms with Crippen LogP contribution in [0.1, 0.15) is 37.0 Å². The molecule has 0 spiro atoms. The van der Waals surface area contributed by atoms with Gasteiger partial charge in [0.25, 0.3) is 0 Å². The summed E-state index contributed by atoms with van der Waals surface area (Å²) in [4.78, 5) is 26.4. The number of rotatable bonds is 4. The third-order valence-corrected chi connectivity index (χ3v) is 4.44. The van der Waals surface area contributed by atoms with Crippen LogP contribution in [0.15, 0.2) is 28.8 Å². The summed E-state index contributed by atoms with van der Waals surface area (Å²) in [6.07, 6.45) is 3.06. The van der Waals surface area contributed by atoms with Crippen LogP contribution in [0.2, 0.25) is 0 Å². The van der Waals surface area contributed by atoms with Gasteiger partial charge in [0.2, 0.25) is 17.7 Å². The van der Waals surface area contributed by atoms with Crippen LogP contribution in [0.5, 0.6) is 0 Å². The molecule has 0 radical (unpaired) electrons. The summed E-state index contributed by atoms with van der Waals surface area (Å²) in [7, 11) is 0. The van der Waals surface area contributed by atoms with Crippen molar-refractivity contribution in [2.75, 3.05) is 18.4 Å². The molecule has 2 N–H and O–H groups in total. The van der Waals surface area contributed by atoms with E-state index in [0.717, 1.165) is 36.8 Å². The van der Waals surface area contributed by atoms with E-state index in [1.807, 2.05) is 24.3 Å². The number of fused-ring (bicyclic) bond motifs is 1. The Morgan fingerprint density at radius 2 is 2.24 bits per heavy atom. The number of aromatic amines is 1. The number of imidazole rings is 1. The Bertz CT molecular complexity index is 853. The van der Waals surface area contributed by atoms with Crippen LogP contribution in [-0.4, -0.2) is 44.0 Å². The zero-order valence-corrected chi connectivity index (χ0v) is 14.0. The molecule has 25 heavy (non-hydrogen) atoms. The lowest BCUT2D eigenvalue weighted by Gasteiger charge is -2.32. The van der Waals surface area contributed by atoms with Gasteiger partial charge in [-0.3, -0.25) is 15.0 Å². The summed E-state index contributed by atoms with van der Waals surface area (Å²) in [6, 6.07) is 7.67. The van der Waals surface area contributed by atoms with Gasteiger partial charge in [0, 0.05) is 0 Å². The van der Waals surface area contributed by atoms with E-state index in [0.29, 0.717) is 17.7 Å². The molecule has 3 heterocycles. The van der Waals surface area contributed by atoms with Gasteiger partial charge in [0.15, 0.2) is 5.82 Å². The number of H-pyrrole nitrogens is 1. The molecule has 1 aliphatic rings. The normalized spacial score (nSPS) is 18.5. The van der Waals surface area contributed by atoms with Crippen LogP contribution in [0.4, 0.5) is 5.95 Å². The summed E-state index contributed by atoms with van der Waals surface area (Å²) in [5.41, 5.74) is 1.73. The molecule has 8 nitrogen and oxygen atoms in total. The fourth-order valence-corrected chi connectivity index (χ4v) is 3.28. The molecule has 0 saturated carbocycles. The summed E-state index contributed by atoms with van der Waals surface area (Å²) in [6.45, 7) is 2.90. The van der Waals surface area contributed by atoms with E-state index in [9.17, 15) is 4.79 Å². The van der Waals surface area contributed by atoms with E-state index >= 15 is 0 Å². The predicted octanol–water partition coefficient (Wildman–Crippen LogP) is 2.42. The molecule has 1 aliphatic heterocycles. The third-order valence-electron chi connectivity index (χ3n) is 4.44. The number of nitrogens with one attached hydrogen (secondary N) is 2. The molecule has 130 valence electrons. The molecule has 3 aromatic rings. The second kappa shape index (κ2) is 6.64. The molecule has 1 aromatic carbocycles. The van der Waals surface area contributed by atoms with Crippen LogP contribution in [0, 0.1) is 6.92 Å². The van der Waals surface area contributed by atoms with Gasteiger partial charge in [-0.15, -0.1) is 0 Å². The number of hydrogen-bond acceptors (Lipinski definition) is 6. The molecule has 1 saturated heterocycles. The monoisotopic (exact) mass is 340 g/mol. The Morgan fingerprint density at radius 1 is 1.36 bits per heavy atom. The Hall–Kier alpha value is -2.74. The summed E-state index contributed by atoms with van der Waals surface area (Å²) in [5.74, 6) is 1.57. The Kier molecular flexibility index (Phi) is 4.19. The molecule has 2 aromatic heterocycles. The van der Waals surface area contributed by atoms with Crippen LogP contribution in [-0.2, 0) is 4.79 Å². The number of aryl methyl sites for hydroxylation is 1. The molecule has 1 fully saturated rings. The van der Waals surface area contributed by atoms with Crippen molar-refractivity contribution in [3.8, 4) is 0 Å². The van der Waals surface area contributed by atoms with Crippen molar-refractivity contribution >= 4 is 22.9 Å². The number of anilines is 1. The van der Waals surface area contributed by atoms with Crippen molar-refractivity contribution in [1.29, 1.82) is 0 Å². The zero-order chi connectivity index (χ0) is 17.2. The van der Waals surface area contributed by atoms with E-state index < -0.39 is 0 Å². The van der Waals surface area contributed by atoms with E-state index in [4.69, 9.17) is 4.52 Å². The summed E-state index contributed by atoms with van der Waals surface area (Å²) >= 11 is 0. The highest BCUT2D eigenvalue weighted by Gasteiger charge is 2.29. The number of amides is 1. The van der Waals surface area contributed by atoms with Crippen molar-refractivity contribution in [3.05, 3.63) is 36.0 Å². The lowest BCUT2D eigenvalue weighted by Crippen LogP contribution is -2.39. The highest BCUT2D eigenvalue weighted by atomic mass is 16.5. The second-order valence-electron chi connectivity index (χ2n) is 6.31. The average Bonchev–Trinajstić information content (AvgIpc) is 3.20. The zero-order valence-electron chi connectivity index (χ0n) is 14.0. The van der Waals surface area contributed by atoms with Gasteiger partial charge in [-0.05, 0) is 38.4 Å². The lowest BCUT2D eigenvalue weighted by molar-refractivity contribution is -0.118. The molecular weight excluding hydrogens is 320 g/mol. The minimum atomic E-state index is -0.109. The number of likely N-dealkylation sites (tertiary alicyclic amines) is 1. The molecule has 1 atom stereocenters. The number of piperidine rings is 1. The van der Waals surface area contributed by atoms with Crippen LogP contribution in [0.3, 0.4) is 0 Å². The highest BCUT2D eigenvalue weighted by molar-refractivity contribution is 5.92. The Labute approximate surface area is 144 Å². The van der Waals surface area contributed by atoms with E-state index in [1.54, 1.807) is 6.92 Å². The van der Waals surface area contributed by atoms with E-state index in [2.05, 4.69) is 30.3 Å². The van der Waals surface area contributed by atoms with Crippen molar-refractivity contribution in [2.45, 2.75) is 32.2 Å². The van der Waals surface area contributed by atoms with Gasteiger partial charge in [-0.1, -0.05) is 23.7 Å². The average molecular weight is 340 g/mol. The van der Waals surface area contributed by atoms with Gasteiger partial charge < -0.3 is 9.51 Å². The standard InChI is InChI=1S/C17H20N6O2/c1-11-18-16(25-22-11)14-8-4-5-9-23(14)10-15(24)21-17-19-12-6-2-3-7-13(12)20-17/h2-3,6-7,14H,4-5,8-10H2,1H3,(H2,19,20,21,24). The summed E-state index contributed by atoms with van der Waals surface area (Å²) < 4.78 is 5.32. The number of benzene rings is 1. The molecule has 1 unspecified atom stereocenters. The smallest absolute Gasteiger partial charge is 0.243 e. The fraction of sp³-hybridized carbons (Fsp3) is 0.412. The number of aromatic nitrogens is 4. The van der Waals surface area contributed by atoms with Gasteiger partial charge in [-0.25, -0.2) is 4.98 Å². The second-order valence-corrected chi connectivity index (χ2v) is 6.31. The molecule has 8 heteroatoms. The first kappa shape index (κ1) is 15.8. The minimum Gasteiger partial charge on any atom is -0.338 e. The minimum absolute atomic E-state index is 0.00336. The first-order valence-electron chi connectivity index (χ1n) is 8.48. The van der Waals surface area contributed by atoms with Crippen molar-refractivity contribution in [1.82, 2.24) is 25.0 Å². The number of carbonyl (C=O) groups is 1. The van der Waals surface area contributed by atoms with Crippen molar-refractivity contribution in [3.63, 3.8) is 0 Å². The topological polar surface area (TPSA) is 99.9 Å². The number of hydrogen-bond donors (Lipinski definition) is 2. The van der Waals surface area contributed by atoms with E-state index in [-0.39, 0.29) is 18.5 Å². The van der Waals surface area contributed by atoms with Crippen LogP contribution in [0.25, 0.3) is 11.0 Å². The number of nitrogens with zero attached hydrogens (tertiary/aromatic N) is 4. The molecular formula is C17H20N6O2. The first-order valence-corrected chi connectivity index (χ1v) is 8.48. The quantitative estimate of drug-likeness (QED) is 0.756.